The molecule has 0 bridgehead atoms. The number of nitrogens with one attached hydrogen (secondary N) is 1. The summed E-state index contributed by atoms with van der Waals surface area (Å²) in [5.41, 5.74) is 9.10. The molecule has 0 amide bonds. The topological polar surface area (TPSA) is 97.0 Å². The van der Waals surface area contributed by atoms with E-state index in [1.165, 1.54) is 0 Å². The van der Waals surface area contributed by atoms with Gasteiger partial charge in [0.05, 0.1) is 13.0 Å². The van der Waals surface area contributed by atoms with Gasteiger partial charge in [-0.2, -0.15) is 5.26 Å². The number of hydrogen-bond donors (Lipinski definition) is 2. The van der Waals surface area contributed by atoms with E-state index in [1.54, 1.807) is 7.11 Å². The maximum Gasteiger partial charge on any atom is 0.244 e. The third-order valence-corrected chi connectivity index (χ3v) is 3.94. The van der Waals surface area contributed by atoms with Gasteiger partial charge in [-0.05, 0) is 24.1 Å². The second-order valence-electron chi connectivity index (χ2n) is 5.37. The van der Waals surface area contributed by atoms with Crippen LogP contribution in [0.4, 0.5) is 0 Å². The Hall–Kier alpha value is -2.94. The maximum atomic E-state index is 9.57. The number of hydrogen-bond acceptors (Lipinski definition) is 5. The SMILES string of the molecule is CCCc1[nH]nc2c1[C@H](c1cccc(OC)c1)C(C#N)=C(N)O2. The van der Waals surface area contributed by atoms with E-state index in [4.69, 9.17) is 15.2 Å². The van der Waals surface area contributed by atoms with Crippen molar-refractivity contribution in [3.63, 3.8) is 0 Å². The van der Waals surface area contributed by atoms with Crippen LogP contribution in [-0.2, 0) is 6.42 Å². The first-order valence-electron chi connectivity index (χ1n) is 7.48. The summed E-state index contributed by atoms with van der Waals surface area (Å²) in [6.45, 7) is 2.09. The summed E-state index contributed by atoms with van der Waals surface area (Å²) in [6.07, 6.45) is 1.78. The predicted octanol–water partition coefficient (Wildman–Crippen LogP) is 2.59. The van der Waals surface area contributed by atoms with Gasteiger partial charge in [-0.1, -0.05) is 25.5 Å². The Morgan fingerprint density at radius 2 is 2.30 bits per heavy atom. The van der Waals surface area contributed by atoms with Gasteiger partial charge in [0.2, 0.25) is 11.8 Å². The van der Waals surface area contributed by atoms with Crippen molar-refractivity contribution in [1.29, 1.82) is 5.26 Å². The highest BCUT2D eigenvalue weighted by molar-refractivity contribution is 5.55. The number of aryl methyl sites for hydroxylation is 1. The Balaban J connectivity index is 2.19. The second-order valence-corrected chi connectivity index (χ2v) is 5.37. The number of fused-ring (bicyclic) bond motifs is 1. The molecule has 0 spiro atoms. The van der Waals surface area contributed by atoms with Gasteiger partial charge in [0.1, 0.15) is 17.4 Å². The largest absolute Gasteiger partial charge is 0.497 e. The number of nitriles is 1. The molecular weight excluding hydrogens is 292 g/mol. The summed E-state index contributed by atoms with van der Waals surface area (Å²) < 4.78 is 10.8. The first kappa shape index (κ1) is 15.0. The van der Waals surface area contributed by atoms with Crippen molar-refractivity contribution in [3.8, 4) is 17.7 Å². The quantitative estimate of drug-likeness (QED) is 0.904. The first-order chi connectivity index (χ1) is 11.2. The third-order valence-electron chi connectivity index (χ3n) is 3.94. The number of benzene rings is 1. The van der Waals surface area contributed by atoms with Gasteiger partial charge in [0.25, 0.3) is 0 Å². The summed E-state index contributed by atoms with van der Waals surface area (Å²) in [4.78, 5) is 0. The molecular formula is C17H18N4O2. The zero-order valence-corrected chi connectivity index (χ0v) is 13.1. The molecule has 1 atom stereocenters. The number of rotatable bonds is 4. The fraction of sp³-hybridized carbons (Fsp3) is 0.294. The molecule has 1 aliphatic rings. The van der Waals surface area contributed by atoms with Crippen LogP contribution in [0.2, 0.25) is 0 Å². The van der Waals surface area contributed by atoms with E-state index in [-0.39, 0.29) is 11.8 Å². The monoisotopic (exact) mass is 310 g/mol. The van der Waals surface area contributed by atoms with Gasteiger partial charge in [-0.15, -0.1) is 5.10 Å². The van der Waals surface area contributed by atoms with Crippen LogP contribution in [0.25, 0.3) is 0 Å². The molecule has 1 aromatic heterocycles. The van der Waals surface area contributed by atoms with Crippen molar-refractivity contribution in [2.24, 2.45) is 5.73 Å². The van der Waals surface area contributed by atoms with Crippen molar-refractivity contribution >= 4 is 0 Å². The molecule has 23 heavy (non-hydrogen) atoms. The lowest BCUT2D eigenvalue weighted by Crippen LogP contribution is -2.21. The van der Waals surface area contributed by atoms with E-state index in [2.05, 4.69) is 23.2 Å². The molecule has 6 nitrogen and oxygen atoms in total. The van der Waals surface area contributed by atoms with Crippen LogP contribution in [0.3, 0.4) is 0 Å². The molecule has 6 heteroatoms. The number of H-pyrrole nitrogens is 1. The van der Waals surface area contributed by atoms with Crippen LogP contribution in [-0.4, -0.2) is 17.3 Å². The van der Waals surface area contributed by atoms with Crippen molar-refractivity contribution < 1.29 is 9.47 Å². The van der Waals surface area contributed by atoms with Gasteiger partial charge in [-0.3, -0.25) is 5.10 Å². The van der Waals surface area contributed by atoms with Gasteiger partial charge in [0, 0.05) is 11.3 Å². The van der Waals surface area contributed by atoms with E-state index < -0.39 is 0 Å². The fourth-order valence-corrected chi connectivity index (χ4v) is 2.90. The van der Waals surface area contributed by atoms with Crippen molar-refractivity contribution in [1.82, 2.24) is 10.2 Å². The molecule has 3 N–H and O–H groups in total. The molecule has 1 aromatic carbocycles. The molecule has 2 heterocycles. The zero-order chi connectivity index (χ0) is 16.4. The molecule has 2 aromatic rings. The Labute approximate surface area is 134 Å². The Morgan fingerprint density at radius 3 is 3.00 bits per heavy atom. The summed E-state index contributed by atoms with van der Waals surface area (Å²) in [5, 5.41) is 16.8. The Kier molecular flexibility index (Phi) is 3.94. The minimum Gasteiger partial charge on any atom is -0.497 e. The fourth-order valence-electron chi connectivity index (χ4n) is 2.90. The van der Waals surface area contributed by atoms with Crippen LogP contribution in [0, 0.1) is 11.3 Å². The number of aromatic nitrogens is 2. The van der Waals surface area contributed by atoms with Gasteiger partial charge in [-0.25, -0.2) is 0 Å². The van der Waals surface area contributed by atoms with Crippen molar-refractivity contribution in [3.05, 3.63) is 52.5 Å². The standard InChI is InChI=1S/C17H18N4O2/c1-3-5-13-15-14(10-6-4-7-11(8-10)22-2)12(9-18)16(19)23-17(15)21-20-13/h4,6-8,14H,3,5,19H2,1-2H3,(H,20,21)/t14-/m1/s1. The highest BCUT2D eigenvalue weighted by Crippen LogP contribution is 2.43. The molecule has 0 radical (unpaired) electrons. The third kappa shape index (κ3) is 2.50. The van der Waals surface area contributed by atoms with Crippen molar-refractivity contribution in [2.45, 2.75) is 25.7 Å². The number of methoxy groups -OCH3 is 1. The molecule has 0 aliphatic carbocycles. The zero-order valence-electron chi connectivity index (χ0n) is 13.1. The van der Waals surface area contributed by atoms with E-state index in [1.807, 2.05) is 24.3 Å². The Bertz CT molecular complexity index is 801. The predicted molar refractivity (Wildman–Crippen MR) is 84.9 cm³/mol. The minimum absolute atomic E-state index is 0.0994. The minimum atomic E-state index is -0.306. The molecule has 1 aliphatic heterocycles. The Morgan fingerprint density at radius 1 is 1.48 bits per heavy atom. The maximum absolute atomic E-state index is 9.57. The molecule has 118 valence electrons. The van der Waals surface area contributed by atoms with Gasteiger partial charge >= 0.3 is 0 Å². The number of aromatic amines is 1. The van der Waals surface area contributed by atoms with E-state index >= 15 is 0 Å². The first-order valence-corrected chi connectivity index (χ1v) is 7.48. The van der Waals surface area contributed by atoms with Crippen LogP contribution in [0.15, 0.2) is 35.7 Å². The van der Waals surface area contributed by atoms with E-state index in [0.717, 1.165) is 35.4 Å². The number of nitrogens with zero attached hydrogens (tertiary/aromatic N) is 2. The van der Waals surface area contributed by atoms with Crippen LogP contribution < -0.4 is 15.2 Å². The second kappa shape index (κ2) is 6.05. The summed E-state index contributed by atoms with van der Waals surface area (Å²) in [6, 6.07) is 9.81. The summed E-state index contributed by atoms with van der Waals surface area (Å²) in [7, 11) is 1.62. The van der Waals surface area contributed by atoms with Crippen LogP contribution in [0.1, 0.15) is 36.1 Å². The molecule has 0 saturated carbocycles. The van der Waals surface area contributed by atoms with Crippen LogP contribution in [0.5, 0.6) is 11.6 Å². The number of allylic oxidation sites excluding steroid dienone is 1. The highest BCUT2D eigenvalue weighted by Gasteiger charge is 2.34. The van der Waals surface area contributed by atoms with E-state index in [9.17, 15) is 5.26 Å². The lowest BCUT2D eigenvalue weighted by Gasteiger charge is -2.24. The number of ether oxygens (including phenoxy) is 2. The molecule has 3 rings (SSSR count). The van der Waals surface area contributed by atoms with Gasteiger partial charge in [0.15, 0.2) is 0 Å². The van der Waals surface area contributed by atoms with Gasteiger partial charge < -0.3 is 15.2 Å². The lowest BCUT2D eigenvalue weighted by atomic mass is 9.83. The normalized spacial score (nSPS) is 16.5. The van der Waals surface area contributed by atoms with E-state index in [0.29, 0.717) is 11.5 Å². The smallest absolute Gasteiger partial charge is 0.244 e. The molecule has 0 saturated heterocycles. The van der Waals surface area contributed by atoms with Crippen molar-refractivity contribution in [2.75, 3.05) is 7.11 Å². The molecule has 0 fully saturated rings. The summed E-state index contributed by atoms with van der Waals surface area (Å²) in [5.74, 6) is 0.964. The highest BCUT2D eigenvalue weighted by atomic mass is 16.5. The van der Waals surface area contributed by atoms with Crippen LogP contribution >= 0.6 is 0 Å². The summed E-state index contributed by atoms with van der Waals surface area (Å²) >= 11 is 0. The molecule has 0 unspecified atom stereocenters. The average Bonchev–Trinajstić information content (AvgIpc) is 2.96. The lowest BCUT2D eigenvalue weighted by molar-refractivity contribution is 0.378. The average molecular weight is 310 g/mol. The number of nitrogens with two attached hydrogens (primary N) is 1.